The average Bonchev–Trinajstić information content (AvgIpc) is 1.82. The molecule has 0 heterocycles. The van der Waals surface area contributed by atoms with Crippen molar-refractivity contribution in [3.8, 4) is 0 Å². The standard InChI is InChI=1S/C5H7NO3/c1-4(2)5(8)9-6-3-7/h3H,1H2,2H3,(H,6,7). The number of hydrogen-bond acceptors (Lipinski definition) is 3. The zero-order chi connectivity index (χ0) is 7.28. The first-order chi connectivity index (χ1) is 4.18. The summed E-state index contributed by atoms with van der Waals surface area (Å²) in [5.74, 6) is -0.637. The highest BCUT2D eigenvalue weighted by molar-refractivity contribution is 5.87. The fraction of sp³-hybridized carbons (Fsp3) is 0.200. The van der Waals surface area contributed by atoms with Gasteiger partial charge in [-0.1, -0.05) is 6.58 Å². The highest BCUT2D eigenvalue weighted by Gasteiger charge is 2.00. The van der Waals surface area contributed by atoms with E-state index in [2.05, 4.69) is 11.4 Å². The number of hydroxylamine groups is 1. The number of hydrogen-bond donors (Lipinski definition) is 1. The Labute approximate surface area is 52.4 Å². The fourth-order valence-corrected chi connectivity index (χ4v) is 0.165. The molecule has 0 unspecified atom stereocenters. The smallest absolute Gasteiger partial charge is 0.336 e. The molecule has 4 nitrogen and oxygen atoms in total. The maximum Gasteiger partial charge on any atom is 0.358 e. The molecule has 0 aliphatic carbocycles. The molecule has 50 valence electrons. The SMILES string of the molecule is C=C(C)C(=O)ONC=O. The van der Waals surface area contributed by atoms with Gasteiger partial charge >= 0.3 is 5.97 Å². The first-order valence-electron chi connectivity index (χ1n) is 2.24. The fourth-order valence-electron chi connectivity index (χ4n) is 0.165. The third kappa shape index (κ3) is 3.28. The summed E-state index contributed by atoms with van der Waals surface area (Å²) in [6.07, 6.45) is 0.265. The predicted octanol–water partition coefficient (Wildman–Crippen LogP) is -0.233. The number of rotatable bonds is 3. The zero-order valence-electron chi connectivity index (χ0n) is 5.01. The number of carbonyl (C=O) groups is 2. The number of amides is 1. The van der Waals surface area contributed by atoms with Crippen LogP contribution in [0.2, 0.25) is 0 Å². The summed E-state index contributed by atoms with van der Waals surface area (Å²) in [4.78, 5) is 24.0. The Kier molecular flexibility index (Phi) is 3.12. The Bertz CT molecular complexity index is 141. The van der Waals surface area contributed by atoms with Gasteiger partial charge < -0.3 is 4.84 Å². The second-order valence-corrected chi connectivity index (χ2v) is 1.41. The van der Waals surface area contributed by atoms with Crippen LogP contribution in [-0.4, -0.2) is 12.4 Å². The van der Waals surface area contributed by atoms with Gasteiger partial charge in [0.25, 0.3) is 0 Å². The molecule has 0 atom stereocenters. The molecule has 0 aliphatic heterocycles. The van der Waals surface area contributed by atoms with Crippen LogP contribution in [0.4, 0.5) is 0 Å². The molecule has 0 saturated heterocycles. The summed E-state index contributed by atoms with van der Waals surface area (Å²) in [5.41, 5.74) is 1.98. The van der Waals surface area contributed by atoms with E-state index in [1.54, 1.807) is 5.48 Å². The third-order valence-corrected chi connectivity index (χ3v) is 0.548. The molecule has 0 bridgehead atoms. The minimum atomic E-state index is -0.637. The first kappa shape index (κ1) is 7.68. The Morgan fingerprint density at radius 1 is 1.78 bits per heavy atom. The topological polar surface area (TPSA) is 55.4 Å². The molecule has 0 aliphatic rings. The van der Waals surface area contributed by atoms with E-state index in [9.17, 15) is 9.59 Å². The van der Waals surface area contributed by atoms with Gasteiger partial charge in [-0.25, -0.2) is 4.79 Å². The number of carbonyl (C=O) groups excluding carboxylic acids is 2. The summed E-state index contributed by atoms with van der Waals surface area (Å²) in [6.45, 7) is 4.76. The van der Waals surface area contributed by atoms with E-state index in [0.717, 1.165) is 0 Å². The lowest BCUT2D eigenvalue weighted by Crippen LogP contribution is -2.18. The van der Waals surface area contributed by atoms with Crippen molar-refractivity contribution in [2.24, 2.45) is 0 Å². The molecule has 0 saturated carbocycles. The summed E-state index contributed by atoms with van der Waals surface area (Å²) in [6, 6.07) is 0. The summed E-state index contributed by atoms with van der Waals surface area (Å²) >= 11 is 0. The lowest BCUT2D eigenvalue weighted by Gasteiger charge is -1.96. The molecule has 0 rings (SSSR count). The lowest BCUT2D eigenvalue weighted by atomic mass is 10.4. The second-order valence-electron chi connectivity index (χ2n) is 1.41. The average molecular weight is 129 g/mol. The van der Waals surface area contributed by atoms with E-state index in [4.69, 9.17) is 0 Å². The van der Waals surface area contributed by atoms with Gasteiger partial charge in [-0.3, -0.25) is 4.79 Å². The molecular weight excluding hydrogens is 122 g/mol. The molecular formula is C5H7NO3. The van der Waals surface area contributed by atoms with Crippen LogP contribution in [-0.2, 0) is 14.4 Å². The van der Waals surface area contributed by atoms with Gasteiger partial charge in [-0.2, -0.15) is 5.48 Å². The zero-order valence-corrected chi connectivity index (χ0v) is 5.01. The highest BCUT2D eigenvalue weighted by atomic mass is 16.7. The molecule has 0 aromatic carbocycles. The summed E-state index contributed by atoms with van der Waals surface area (Å²) < 4.78 is 0. The van der Waals surface area contributed by atoms with E-state index < -0.39 is 5.97 Å². The summed E-state index contributed by atoms with van der Waals surface area (Å²) in [7, 11) is 0. The third-order valence-electron chi connectivity index (χ3n) is 0.548. The van der Waals surface area contributed by atoms with E-state index in [-0.39, 0.29) is 12.0 Å². The molecule has 1 amide bonds. The molecule has 4 heteroatoms. The van der Waals surface area contributed by atoms with Crippen LogP contribution in [0.3, 0.4) is 0 Å². The van der Waals surface area contributed by atoms with Crippen molar-refractivity contribution in [3.05, 3.63) is 12.2 Å². The molecule has 0 aromatic rings. The van der Waals surface area contributed by atoms with Gasteiger partial charge in [0.05, 0.1) is 0 Å². The van der Waals surface area contributed by atoms with Crippen LogP contribution >= 0.6 is 0 Å². The van der Waals surface area contributed by atoms with E-state index in [0.29, 0.717) is 0 Å². The molecule has 9 heavy (non-hydrogen) atoms. The maximum absolute atomic E-state index is 10.4. The second kappa shape index (κ2) is 3.65. The van der Waals surface area contributed by atoms with Crippen LogP contribution in [0.1, 0.15) is 6.92 Å². The molecule has 0 aromatic heterocycles. The van der Waals surface area contributed by atoms with E-state index in [1.807, 2.05) is 0 Å². The highest BCUT2D eigenvalue weighted by Crippen LogP contribution is 1.87. The first-order valence-corrected chi connectivity index (χ1v) is 2.24. The minimum Gasteiger partial charge on any atom is -0.336 e. The minimum absolute atomic E-state index is 0.240. The van der Waals surface area contributed by atoms with Crippen LogP contribution in [0.15, 0.2) is 12.2 Å². The van der Waals surface area contributed by atoms with Crippen LogP contribution < -0.4 is 5.48 Å². The quantitative estimate of drug-likeness (QED) is 0.325. The molecule has 1 N–H and O–H groups in total. The van der Waals surface area contributed by atoms with Crippen LogP contribution in [0.25, 0.3) is 0 Å². The van der Waals surface area contributed by atoms with Crippen LogP contribution in [0.5, 0.6) is 0 Å². The van der Waals surface area contributed by atoms with Crippen molar-refractivity contribution in [3.63, 3.8) is 0 Å². The van der Waals surface area contributed by atoms with Crippen molar-refractivity contribution in [2.45, 2.75) is 6.92 Å². The normalized spacial score (nSPS) is 7.67. The Hall–Kier alpha value is -1.32. The van der Waals surface area contributed by atoms with Gasteiger partial charge in [0, 0.05) is 5.57 Å². The lowest BCUT2D eigenvalue weighted by molar-refractivity contribution is -0.150. The van der Waals surface area contributed by atoms with Crippen molar-refractivity contribution < 1.29 is 14.4 Å². The predicted molar refractivity (Wildman–Crippen MR) is 30.1 cm³/mol. The molecule has 0 fully saturated rings. The Morgan fingerprint density at radius 2 is 2.33 bits per heavy atom. The largest absolute Gasteiger partial charge is 0.358 e. The Morgan fingerprint density at radius 3 is 2.67 bits per heavy atom. The van der Waals surface area contributed by atoms with Gasteiger partial charge in [0.15, 0.2) is 0 Å². The summed E-state index contributed by atoms with van der Waals surface area (Å²) in [5, 5.41) is 0. The van der Waals surface area contributed by atoms with E-state index >= 15 is 0 Å². The molecule has 0 radical (unpaired) electrons. The van der Waals surface area contributed by atoms with Gasteiger partial charge in [0.2, 0.25) is 6.41 Å². The van der Waals surface area contributed by atoms with E-state index in [1.165, 1.54) is 6.92 Å². The Balaban J connectivity index is 3.51. The van der Waals surface area contributed by atoms with Gasteiger partial charge in [-0.05, 0) is 6.92 Å². The van der Waals surface area contributed by atoms with Crippen molar-refractivity contribution in [1.29, 1.82) is 0 Å². The van der Waals surface area contributed by atoms with Crippen LogP contribution in [0, 0.1) is 0 Å². The maximum atomic E-state index is 10.4. The number of nitrogens with one attached hydrogen (secondary N) is 1. The van der Waals surface area contributed by atoms with Gasteiger partial charge in [0.1, 0.15) is 0 Å². The van der Waals surface area contributed by atoms with Crippen molar-refractivity contribution in [2.75, 3.05) is 0 Å². The van der Waals surface area contributed by atoms with Crippen molar-refractivity contribution in [1.82, 2.24) is 5.48 Å². The van der Waals surface area contributed by atoms with Crippen molar-refractivity contribution >= 4 is 12.4 Å². The monoisotopic (exact) mass is 129 g/mol. The molecule has 0 spiro atoms. The van der Waals surface area contributed by atoms with Gasteiger partial charge in [-0.15, -0.1) is 0 Å².